The zero-order chi connectivity index (χ0) is 12.7. The second-order valence-electron chi connectivity index (χ2n) is 2.14. The third-order valence-corrected chi connectivity index (χ3v) is 1.45. The van der Waals surface area contributed by atoms with Crippen LogP contribution in [0.1, 0.15) is 0 Å². The molecule has 0 radical (unpaired) electrons. The van der Waals surface area contributed by atoms with Crippen LogP contribution >= 0.6 is 0 Å². The van der Waals surface area contributed by atoms with E-state index in [4.69, 9.17) is 0 Å². The van der Waals surface area contributed by atoms with Crippen molar-refractivity contribution in [2.45, 2.75) is 18.2 Å². The number of rotatable bonds is 3. The normalized spacial score (nSPS) is 15.6. The molecule has 0 saturated heterocycles. The monoisotopic (exact) mass is 270 g/mol. The van der Waals surface area contributed by atoms with Crippen LogP contribution in [0, 0.1) is 0 Å². The number of alkyl halides is 7. The van der Waals surface area contributed by atoms with Crippen molar-refractivity contribution in [1.82, 2.24) is 0 Å². The lowest BCUT2D eigenvalue weighted by Gasteiger charge is -2.27. The Bertz CT molecular complexity index is 226. The molecule has 0 aliphatic carbocycles. The maximum atomic E-state index is 11.8. The summed E-state index contributed by atoms with van der Waals surface area (Å²) >= 11 is 0. The van der Waals surface area contributed by atoms with Gasteiger partial charge in [0, 0.05) is 0 Å². The van der Waals surface area contributed by atoms with Crippen LogP contribution in [-0.2, 0) is 4.43 Å². The van der Waals surface area contributed by atoms with Gasteiger partial charge in [0.25, 0.3) is 0 Å². The Morgan fingerprint density at radius 3 is 1.27 bits per heavy atom. The molecule has 92 valence electrons. The highest BCUT2D eigenvalue weighted by Crippen LogP contribution is 2.48. The Morgan fingerprint density at radius 1 is 0.733 bits per heavy atom. The minimum Gasteiger partial charge on any atom is -0.276 e. The molecule has 0 heterocycles. The second-order valence-corrected chi connectivity index (χ2v) is 3.23. The molecule has 0 N–H and O–H groups in total. The first kappa shape index (κ1) is 14.5. The Hall–Kier alpha value is -0.523. The van der Waals surface area contributed by atoms with Gasteiger partial charge in [0.2, 0.25) is 0 Å². The van der Waals surface area contributed by atoms with Gasteiger partial charge in [-0.25, -0.2) is 12.3 Å². The van der Waals surface area contributed by atoms with Crippen LogP contribution in [0.2, 0.25) is 0 Å². The molecule has 0 aromatic heterocycles. The van der Waals surface area contributed by atoms with Gasteiger partial charge in [0.15, 0.2) is 0 Å². The molecule has 0 fully saturated rings. The number of halogens is 10. The van der Waals surface area contributed by atoms with Crippen molar-refractivity contribution in [3.8, 4) is 0 Å². The second kappa shape index (κ2) is 3.50. The topological polar surface area (TPSA) is 9.23 Å². The lowest BCUT2D eigenvalue weighted by Crippen LogP contribution is -2.56. The van der Waals surface area contributed by atoms with Gasteiger partial charge in [-0.2, -0.15) is 30.7 Å². The Labute approximate surface area is 76.3 Å². The van der Waals surface area contributed by atoms with Crippen LogP contribution in [0.15, 0.2) is 0 Å². The van der Waals surface area contributed by atoms with Gasteiger partial charge in [-0.1, -0.05) is 0 Å². The van der Waals surface area contributed by atoms with Crippen LogP contribution < -0.4 is 0 Å². The largest absolute Gasteiger partial charge is 0.807 e. The molecule has 0 aliphatic heterocycles. The van der Waals surface area contributed by atoms with E-state index in [1.807, 2.05) is 0 Å². The summed E-state index contributed by atoms with van der Waals surface area (Å²) in [6.07, 6.45) is -13.5. The van der Waals surface area contributed by atoms with E-state index in [0.29, 0.717) is 0 Å². The van der Waals surface area contributed by atoms with Gasteiger partial charge < -0.3 is 0 Å². The third-order valence-electron chi connectivity index (χ3n) is 0.965. The molecule has 0 amide bonds. The molecule has 0 aromatic carbocycles. The van der Waals surface area contributed by atoms with E-state index in [0.717, 1.165) is 0 Å². The fourth-order valence-corrected chi connectivity index (χ4v) is 0.793. The molecule has 0 bridgehead atoms. The molecule has 0 spiro atoms. The predicted molar refractivity (Wildman–Crippen MR) is 26.1 cm³/mol. The van der Waals surface area contributed by atoms with Crippen molar-refractivity contribution in [2.75, 3.05) is 0 Å². The average Bonchev–Trinajstić information content (AvgIpc) is 1.77. The highest BCUT2D eigenvalue weighted by Gasteiger charge is 2.77. The minimum absolute atomic E-state index is 1.55. The molecule has 0 aliphatic rings. The average molecular weight is 270 g/mol. The molecular weight excluding hydrogens is 270 g/mol. The molecule has 12 heteroatoms. The van der Waals surface area contributed by atoms with E-state index in [-0.39, 0.29) is 0 Å². The van der Waals surface area contributed by atoms with Crippen LogP contribution in [0.5, 0.6) is 0 Å². The highest BCUT2D eigenvalue weighted by atomic mass is 28.5. The quantitative estimate of drug-likeness (QED) is 0.435. The van der Waals surface area contributed by atoms with Gasteiger partial charge in [-0.15, -0.1) is 0 Å². The van der Waals surface area contributed by atoms with Crippen molar-refractivity contribution in [3.63, 3.8) is 0 Å². The Kier molecular flexibility index (Phi) is 3.38. The maximum Gasteiger partial charge on any atom is 0.807 e. The van der Waals surface area contributed by atoms with Gasteiger partial charge in [-0.05, 0) is 0 Å². The SMILES string of the molecule is FC(F)(F)C(F)(F)C(F)(F)O[Si](F)(F)F. The fraction of sp³-hybridized carbons (Fsp3) is 1.00. The van der Waals surface area contributed by atoms with Gasteiger partial charge in [0.1, 0.15) is 0 Å². The number of hydrogen-bond donors (Lipinski definition) is 0. The van der Waals surface area contributed by atoms with E-state index < -0.39 is 27.5 Å². The van der Waals surface area contributed by atoms with Gasteiger partial charge >= 0.3 is 27.5 Å². The van der Waals surface area contributed by atoms with Crippen molar-refractivity contribution < 1.29 is 47.5 Å². The summed E-state index contributed by atoms with van der Waals surface area (Å²) in [5, 5.41) is 0. The summed E-state index contributed by atoms with van der Waals surface area (Å²) in [6, 6.07) is 0. The molecule has 15 heavy (non-hydrogen) atoms. The zero-order valence-electron chi connectivity index (χ0n) is 6.19. The van der Waals surface area contributed by atoms with E-state index >= 15 is 0 Å². The van der Waals surface area contributed by atoms with E-state index in [1.54, 1.807) is 4.43 Å². The van der Waals surface area contributed by atoms with Crippen LogP contribution in [0.3, 0.4) is 0 Å². The molecule has 1 nitrogen and oxygen atoms in total. The lowest BCUT2D eigenvalue weighted by atomic mass is 10.3. The van der Waals surface area contributed by atoms with Crippen molar-refractivity contribution >= 4 is 9.32 Å². The highest BCUT2D eigenvalue weighted by molar-refractivity contribution is 6.51. The predicted octanol–water partition coefficient (Wildman–Crippen LogP) is 3.14. The van der Waals surface area contributed by atoms with Crippen LogP contribution in [0.4, 0.5) is 43.1 Å². The molecule has 0 aromatic rings. The van der Waals surface area contributed by atoms with Crippen molar-refractivity contribution in [1.29, 1.82) is 0 Å². The summed E-state index contributed by atoms with van der Waals surface area (Å²) in [5.74, 6) is -6.90. The summed E-state index contributed by atoms with van der Waals surface area (Å²) in [6.45, 7) is 0. The number of hydrogen-bond acceptors (Lipinski definition) is 1. The smallest absolute Gasteiger partial charge is 0.276 e. The van der Waals surface area contributed by atoms with E-state index in [2.05, 4.69) is 0 Å². The Balaban J connectivity index is 5.03. The van der Waals surface area contributed by atoms with Crippen LogP contribution in [-0.4, -0.2) is 27.5 Å². The Morgan fingerprint density at radius 2 is 1.07 bits per heavy atom. The third kappa shape index (κ3) is 3.22. The van der Waals surface area contributed by atoms with Crippen molar-refractivity contribution in [3.05, 3.63) is 0 Å². The molecule has 0 atom stereocenters. The molecule has 0 saturated carbocycles. The first-order valence-corrected chi connectivity index (χ1v) is 4.34. The first-order chi connectivity index (χ1) is 6.21. The molecular formula is C3F10OSi. The standard InChI is InChI=1S/C3F10OSi/c4-1(5,2(6,7)8)3(9,10)14-15(11,12)13. The zero-order valence-corrected chi connectivity index (χ0v) is 7.19. The lowest BCUT2D eigenvalue weighted by molar-refractivity contribution is -0.410. The van der Waals surface area contributed by atoms with E-state index in [1.165, 1.54) is 0 Å². The first-order valence-electron chi connectivity index (χ1n) is 2.80. The maximum absolute atomic E-state index is 11.8. The van der Waals surface area contributed by atoms with E-state index in [9.17, 15) is 43.1 Å². The summed E-state index contributed by atoms with van der Waals surface area (Å²) in [5.41, 5.74) is 0. The fourth-order valence-electron chi connectivity index (χ4n) is 0.374. The van der Waals surface area contributed by atoms with Crippen LogP contribution in [0.25, 0.3) is 0 Å². The van der Waals surface area contributed by atoms with Gasteiger partial charge in [-0.3, -0.25) is 4.43 Å². The minimum atomic E-state index is -7.71. The van der Waals surface area contributed by atoms with Gasteiger partial charge in [0.05, 0.1) is 0 Å². The summed E-state index contributed by atoms with van der Waals surface area (Å²) in [4.78, 5) is 0. The van der Waals surface area contributed by atoms with Crippen molar-refractivity contribution in [2.24, 2.45) is 0 Å². The summed E-state index contributed by atoms with van der Waals surface area (Å²) < 4.78 is 116. The summed E-state index contributed by atoms with van der Waals surface area (Å²) in [7, 11) is -7.71. The molecule has 0 rings (SSSR count). The molecule has 0 unspecified atom stereocenters.